The van der Waals surface area contributed by atoms with Gasteiger partial charge in [0.25, 0.3) is 5.69 Å². The first-order valence-electron chi connectivity index (χ1n) is 5.06. The molecule has 4 N–H and O–H groups in total. The van der Waals surface area contributed by atoms with E-state index in [9.17, 15) is 38.3 Å². The van der Waals surface area contributed by atoms with E-state index >= 15 is 0 Å². The van der Waals surface area contributed by atoms with Crippen LogP contribution < -0.4 is 5.73 Å². The molecule has 0 aromatic heterocycles. The van der Waals surface area contributed by atoms with Crippen LogP contribution in [0.5, 0.6) is 0 Å². The molecule has 2 atom stereocenters. The van der Waals surface area contributed by atoms with E-state index in [2.05, 4.69) is 5.73 Å². The standard InChI is InChI=1S/C10H9F3N2O5/c11-10(12,13)6-2-1-4(15(19)20)3-5(6)7(16)8(17)9(14)18/h1-3,7-8,16-17H,(H2,14,18). The number of aliphatic hydroxyl groups excluding tert-OH is 2. The first-order chi connectivity index (χ1) is 9.05. The van der Waals surface area contributed by atoms with E-state index in [1.165, 1.54) is 0 Å². The molecule has 0 aliphatic rings. The highest BCUT2D eigenvalue weighted by Gasteiger charge is 2.38. The van der Waals surface area contributed by atoms with Crippen molar-refractivity contribution >= 4 is 11.6 Å². The molecule has 1 aromatic rings. The minimum atomic E-state index is -4.93. The summed E-state index contributed by atoms with van der Waals surface area (Å²) in [5.41, 5.74) is 1.53. The van der Waals surface area contributed by atoms with Gasteiger partial charge in [-0.15, -0.1) is 0 Å². The molecule has 110 valence electrons. The number of non-ortho nitro benzene ring substituents is 1. The molecule has 0 radical (unpaired) electrons. The van der Waals surface area contributed by atoms with Gasteiger partial charge >= 0.3 is 6.18 Å². The predicted octanol–water partition coefficient (Wildman–Crippen LogP) is 0.493. The number of hydrogen-bond donors (Lipinski definition) is 3. The van der Waals surface area contributed by atoms with Crippen LogP contribution in [0.2, 0.25) is 0 Å². The number of primary amides is 1. The van der Waals surface area contributed by atoms with E-state index in [0.29, 0.717) is 18.2 Å². The van der Waals surface area contributed by atoms with Gasteiger partial charge in [-0.25, -0.2) is 0 Å². The van der Waals surface area contributed by atoms with E-state index in [4.69, 9.17) is 0 Å². The Labute approximate surface area is 109 Å². The Bertz CT molecular complexity index is 546. The van der Waals surface area contributed by atoms with E-state index in [0.717, 1.165) is 0 Å². The van der Waals surface area contributed by atoms with Crippen LogP contribution in [0.15, 0.2) is 18.2 Å². The number of halogens is 3. The molecule has 0 spiro atoms. The molecule has 0 bridgehead atoms. The molecule has 1 aromatic carbocycles. The van der Waals surface area contributed by atoms with Crippen molar-refractivity contribution in [2.45, 2.75) is 18.4 Å². The first kappa shape index (κ1) is 15.9. The number of alkyl halides is 3. The van der Waals surface area contributed by atoms with E-state index in [1.54, 1.807) is 0 Å². The van der Waals surface area contributed by atoms with Gasteiger partial charge in [0.15, 0.2) is 6.10 Å². The summed E-state index contributed by atoms with van der Waals surface area (Å²) in [5, 5.41) is 29.3. The van der Waals surface area contributed by atoms with Crippen molar-refractivity contribution in [2.75, 3.05) is 0 Å². The summed E-state index contributed by atoms with van der Waals surface area (Å²) in [6.45, 7) is 0. The predicted molar refractivity (Wildman–Crippen MR) is 58.3 cm³/mol. The normalized spacial score (nSPS) is 14.7. The number of aliphatic hydroxyl groups is 2. The molecule has 10 heteroatoms. The van der Waals surface area contributed by atoms with Gasteiger partial charge in [-0.05, 0) is 6.07 Å². The van der Waals surface area contributed by atoms with Crippen LogP contribution in [-0.2, 0) is 11.0 Å². The maximum atomic E-state index is 12.7. The smallest absolute Gasteiger partial charge is 0.385 e. The van der Waals surface area contributed by atoms with Gasteiger partial charge < -0.3 is 15.9 Å². The molecule has 0 heterocycles. The molecule has 0 aliphatic carbocycles. The third-order valence-corrected chi connectivity index (χ3v) is 2.46. The van der Waals surface area contributed by atoms with Gasteiger partial charge in [0.05, 0.1) is 10.5 Å². The third kappa shape index (κ3) is 3.22. The fourth-order valence-corrected chi connectivity index (χ4v) is 1.49. The number of carbonyl (C=O) groups is 1. The number of nitro benzene ring substituents is 1. The monoisotopic (exact) mass is 294 g/mol. The Balaban J connectivity index is 3.42. The molecule has 1 amide bonds. The Morgan fingerprint density at radius 1 is 1.35 bits per heavy atom. The minimum Gasteiger partial charge on any atom is -0.385 e. The van der Waals surface area contributed by atoms with Crippen molar-refractivity contribution in [3.05, 3.63) is 39.4 Å². The highest BCUT2D eigenvalue weighted by Crippen LogP contribution is 2.37. The number of nitrogens with zero attached hydrogens (tertiary/aromatic N) is 1. The molecule has 7 nitrogen and oxygen atoms in total. The maximum Gasteiger partial charge on any atom is 0.416 e. The van der Waals surface area contributed by atoms with E-state index in [1.807, 2.05) is 0 Å². The van der Waals surface area contributed by atoms with E-state index < -0.39 is 46.0 Å². The Hall–Kier alpha value is -2.20. The number of rotatable bonds is 4. The van der Waals surface area contributed by atoms with Crippen molar-refractivity contribution < 1.29 is 33.1 Å². The summed E-state index contributed by atoms with van der Waals surface area (Å²) in [4.78, 5) is 20.2. The number of amides is 1. The first-order valence-corrected chi connectivity index (χ1v) is 5.06. The lowest BCUT2D eigenvalue weighted by Crippen LogP contribution is -2.34. The molecule has 0 aliphatic heterocycles. The molecule has 1 rings (SSSR count). The molecule has 2 unspecified atom stereocenters. The largest absolute Gasteiger partial charge is 0.416 e. The zero-order valence-electron chi connectivity index (χ0n) is 9.66. The Kier molecular flexibility index (Phi) is 4.30. The molecule has 20 heavy (non-hydrogen) atoms. The lowest BCUT2D eigenvalue weighted by atomic mass is 9.97. The lowest BCUT2D eigenvalue weighted by molar-refractivity contribution is -0.385. The maximum absolute atomic E-state index is 12.7. The van der Waals surface area contributed by atoms with Crippen LogP contribution in [0.25, 0.3) is 0 Å². The number of nitro groups is 1. The number of hydrogen-bond acceptors (Lipinski definition) is 5. The van der Waals surface area contributed by atoms with Gasteiger partial charge in [-0.1, -0.05) is 0 Å². The summed E-state index contributed by atoms with van der Waals surface area (Å²) < 4.78 is 38.2. The molecular weight excluding hydrogens is 285 g/mol. The molecule has 0 fully saturated rings. The second kappa shape index (κ2) is 5.43. The van der Waals surface area contributed by atoms with Crippen LogP contribution in [0.1, 0.15) is 17.2 Å². The average Bonchev–Trinajstić information content (AvgIpc) is 2.34. The zero-order valence-corrected chi connectivity index (χ0v) is 9.66. The number of carbonyl (C=O) groups excluding carboxylic acids is 1. The van der Waals surface area contributed by atoms with Gasteiger partial charge in [-0.2, -0.15) is 13.2 Å². The van der Waals surface area contributed by atoms with Crippen molar-refractivity contribution in [2.24, 2.45) is 5.73 Å². The van der Waals surface area contributed by atoms with Crippen LogP contribution >= 0.6 is 0 Å². The zero-order chi connectivity index (χ0) is 15.7. The SMILES string of the molecule is NC(=O)C(O)C(O)c1cc([N+](=O)[O-])ccc1C(F)(F)F. The summed E-state index contributed by atoms with van der Waals surface area (Å²) in [7, 11) is 0. The summed E-state index contributed by atoms with van der Waals surface area (Å²) in [6.07, 6.45) is -9.58. The highest BCUT2D eigenvalue weighted by atomic mass is 19.4. The van der Waals surface area contributed by atoms with Gasteiger partial charge in [0, 0.05) is 17.7 Å². The second-order valence-corrected chi connectivity index (χ2v) is 3.82. The van der Waals surface area contributed by atoms with Crippen molar-refractivity contribution in [1.82, 2.24) is 0 Å². The Morgan fingerprint density at radius 2 is 1.90 bits per heavy atom. The third-order valence-electron chi connectivity index (χ3n) is 2.46. The van der Waals surface area contributed by atoms with Crippen LogP contribution in [0, 0.1) is 10.1 Å². The Morgan fingerprint density at radius 3 is 2.30 bits per heavy atom. The topological polar surface area (TPSA) is 127 Å². The van der Waals surface area contributed by atoms with Crippen LogP contribution in [0.3, 0.4) is 0 Å². The van der Waals surface area contributed by atoms with Gasteiger partial charge in [0.2, 0.25) is 5.91 Å². The summed E-state index contributed by atoms with van der Waals surface area (Å²) in [6, 6.07) is 1.40. The fraction of sp³-hybridized carbons (Fsp3) is 0.300. The summed E-state index contributed by atoms with van der Waals surface area (Å²) in [5.74, 6) is -1.46. The van der Waals surface area contributed by atoms with Crippen molar-refractivity contribution in [3.63, 3.8) is 0 Å². The van der Waals surface area contributed by atoms with Crippen molar-refractivity contribution in [3.8, 4) is 0 Å². The van der Waals surface area contributed by atoms with Crippen LogP contribution in [-0.4, -0.2) is 27.1 Å². The average molecular weight is 294 g/mol. The molecule has 0 saturated carbocycles. The van der Waals surface area contributed by atoms with Crippen LogP contribution in [0.4, 0.5) is 18.9 Å². The number of nitrogens with two attached hydrogens (primary N) is 1. The van der Waals surface area contributed by atoms with Gasteiger partial charge in [0.1, 0.15) is 6.10 Å². The van der Waals surface area contributed by atoms with Gasteiger partial charge in [-0.3, -0.25) is 14.9 Å². The minimum absolute atomic E-state index is 0.379. The fourth-order valence-electron chi connectivity index (χ4n) is 1.49. The van der Waals surface area contributed by atoms with Crippen molar-refractivity contribution in [1.29, 1.82) is 0 Å². The molecular formula is C10H9F3N2O5. The quantitative estimate of drug-likeness (QED) is 0.550. The lowest BCUT2D eigenvalue weighted by Gasteiger charge is -2.19. The second-order valence-electron chi connectivity index (χ2n) is 3.82. The highest BCUT2D eigenvalue weighted by molar-refractivity contribution is 5.79. The van der Waals surface area contributed by atoms with E-state index in [-0.39, 0.29) is 0 Å². The number of benzene rings is 1. The summed E-state index contributed by atoms with van der Waals surface area (Å²) >= 11 is 0. The molecule has 0 saturated heterocycles.